The summed E-state index contributed by atoms with van der Waals surface area (Å²) in [6.07, 6.45) is 18.2. The third-order valence-electron chi connectivity index (χ3n) is 3.88. The van der Waals surface area contributed by atoms with Gasteiger partial charge < -0.3 is 4.74 Å². The topological polar surface area (TPSA) is 26.3 Å². The highest BCUT2D eigenvalue weighted by atomic mass is 16.5. The summed E-state index contributed by atoms with van der Waals surface area (Å²) in [6.45, 7) is 2.37. The number of rotatable bonds is 4. The molecular formula is C17H30O2. The summed E-state index contributed by atoms with van der Waals surface area (Å²) >= 11 is 0. The summed E-state index contributed by atoms with van der Waals surface area (Å²) in [5, 5.41) is 0. The van der Waals surface area contributed by atoms with E-state index in [4.69, 9.17) is 4.74 Å². The van der Waals surface area contributed by atoms with Crippen LogP contribution in [0.3, 0.4) is 0 Å². The van der Waals surface area contributed by atoms with Crippen LogP contribution >= 0.6 is 0 Å². The Balaban J connectivity index is 2.32. The molecule has 0 aliphatic heterocycles. The molecule has 2 heteroatoms. The Morgan fingerprint density at radius 2 is 1.79 bits per heavy atom. The maximum absolute atomic E-state index is 11.4. The molecule has 1 aliphatic carbocycles. The Labute approximate surface area is 118 Å². The number of allylic oxidation sites excluding steroid dienone is 2. The summed E-state index contributed by atoms with van der Waals surface area (Å²) in [6, 6.07) is 0. The van der Waals surface area contributed by atoms with Gasteiger partial charge in [-0.25, -0.2) is 0 Å². The predicted molar refractivity (Wildman–Crippen MR) is 80.1 cm³/mol. The van der Waals surface area contributed by atoms with Crippen molar-refractivity contribution in [2.24, 2.45) is 5.92 Å². The first kappa shape index (κ1) is 16.3. The van der Waals surface area contributed by atoms with Crippen LogP contribution in [0.4, 0.5) is 0 Å². The van der Waals surface area contributed by atoms with Gasteiger partial charge in [-0.15, -0.1) is 0 Å². The van der Waals surface area contributed by atoms with E-state index in [1.165, 1.54) is 57.8 Å². The fourth-order valence-electron chi connectivity index (χ4n) is 2.71. The van der Waals surface area contributed by atoms with E-state index in [0.717, 1.165) is 6.42 Å². The zero-order valence-corrected chi connectivity index (χ0v) is 12.5. The number of ether oxygens (including phenoxy) is 1. The number of carbonyl (C=O) groups is 1. The normalized spacial score (nSPS) is 23.9. The minimum absolute atomic E-state index is 0.0398. The minimum Gasteiger partial charge on any atom is -0.466 e. The van der Waals surface area contributed by atoms with E-state index in [2.05, 4.69) is 12.2 Å². The Morgan fingerprint density at radius 3 is 2.53 bits per heavy atom. The van der Waals surface area contributed by atoms with Crippen LogP contribution in [0.25, 0.3) is 0 Å². The van der Waals surface area contributed by atoms with Crippen molar-refractivity contribution < 1.29 is 9.53 Å². The van der Waals surface area contributed by atoms with E-state index >= 15 is 0 Å². The van der Waals surface area contributed by atoms with Gasteiger partial charge in [-0.05, 0) is 38.5 Å². The number of esters is 1. The highest BCUT2D eigenvalue weighted by Gasteiger charge is 2.09. The standard InChI is InChI=1S/C17H30O2/c1-2-19-17(18)15-14-16-12-10-8-6-4-3-5-7-9-11-13-16/h10,12,16H,2-9,11,13-15H2,1H3/b12-10+. The molecule has 0 bridgehead atoms. The molecule has 0 N–H and O–H groups in total. The lowest BCUT2D eigenvalue weighted by Crippen LogP contribution is -2.07. The molecule has 0 heterocycles. The van der Waals surface area contributed by atoms with E-state index in [-0.39, 0.29) is 5.97 Å². The summed E-state index contributed by atoms with van der Waals surface area (Å²) in [4.78, 5) is 11.4. The van der Waals surface area contributed by atoms with E-state index in [9.17, 15) is 4.79 Å². The first-order chi connectivity index (χ1) is 9.33. The molecule has 0 saturated heterocycles. The van der Waals surface area contributed by atoms with Crippen LogP contribution in [0.5, 0.6) is 0 Å². The smallest absolute Gasteiger partial charge is 0.305 e. The van der Waals surface area contributed by atoms with Gasteiger partial charge in [-0.3, -0.25) is 4.79 Å². The second kappa shape index (κ2) is 11.1. The van der Waals surface area contributed by atoms with Crippen LogP contribution in [0.2, 0.25) is 0 Å². The Kier molecular flexibility index (Phi) is 9.48. The van der Waals surface area contributed by atoms with Gasteiger partial charge in [0.2, 0.25) is 0 Å². The molecule has 0 fully saturated rings. The van der Waals surface area contributed by atoms with E-state index in [1.54, 1.807) is 0 Å². The molecule has 0 saturated carbocycles. The van der Waals surface area contributed by atoms with Crippen molar-refractivity contribution in [2.75, 3.05) is 6.61 Å². The Morgan fingerprint density at radius 1 is 1.11 bits per heavy atom. The quantitative estimate of drug-likeness (QED) is 0.527. The molecule has 0 radical (unpaired) electrons. The first-order valence-electron chi connectivity index (χ1n) is 8.15. The molecule has 2 nitrogen and oxygen atoms in total. The molecule has 1 rings (SSSR count). The van der Waals surface area contributed by atoms with Crippen molar-refractivity contribution >= 4 is 5.97 Å². The van der Waals surface area contributed by atoms with Crippen LogP contribution in [-0.4, -0.2) is 12.6 Å². The molecule has 0 aromatic carbocycles. The summed E-state index contributed by atoms with van der Waals surface area (Å²) < 4.78 is 5.01. The minimum atomic E-state index is -0.0398. The van der Waals surface area contributed by atoms with E-state index < -0.39 is 0 Å². The van der Waals surface area contributed by atoms with Gasteiger partial charge in [0.25, 0.3) is 0 Å². The molecule has 0 aromatic rings. The largest absolute Gasteiger partial charge is 0.466 e. The van der Waals surface area contributed by atoms with Crippen LogP contribution in [0.1, 0.15) is 77.6 Å². The van der Waals surface area contributed by atoms with E-state index in [1.807, 2.05) is 6.92 Å². The highest BCUT2D eigenvalue weighted by Crippen LogP contribution is 2.20. The molecule has 1 unspecified atom stereocenters. The summed E-state index contributed by atoms with van der Waals surface area (Å²) in [5.74, 6) is 0.533. The number of hydrogen-bond donors (Lipinski definition) is 0. The lowest BCUT2D eigenvalue weighted by Gasteiger charge is -2.13. The van der Waals surface area contributed by atoms with Crippen LogP contribution < -0.4 is 0 Å². The molecular weight excluding hydrogens is 236 g/mol. The zero-order chi connectivity index (χ0) is 13.8. The van der Waals surface area contributed by atoms with Crippen molar-refractivity contribution in [2.45, 2.75) is 77.6 Å². The lowest BCUT2D eigenvalue weighted by atomic mass is 9.94. The maximum Gasteiger partial charge on any atom is 0.305 e. The van der Waals surface area contributed by atoms with Gasteiger partial charge in [0.15, 0.2) is 0 Å². The molecule has 0 amide bonds. The van der Waals surface area contributed by atoms with Crippen molar-refractivity contribution in [3.63, 3.8) is 0 Å². The molecule has 1 aliphatic rings. The average Bonchev–Trinajstić information content (AvgIpc) is 2.38. The maximum atomic E-state index is 11.4. The number of carbonyl (C=O) groups excluding carboxylic acids is 1. The van der Waals surface area contributed by atoms with Crippen molar-refractivity contribution in [3.05, 3.63) is 12.2 Å². The molecule has 1 atom stereocenters. The van der Waals surface area contributed by atoms with Crippen molar-refractivity contribution in [3.8, 4) is 0 Å². The van der Waals surface area contributed by atoms with Crippen LogP contribution in [0, 0.1) is 5.92 Å². The van der Waals surface area contributed by atoms with E-state index in [0.29, 0.717) is 18.9 Å². The van der Waals surface area contributed by atoms with Crippen molar-refractivity contribution in [1.82, 2.24) is 0 Å². The molecule has 110 valence electrons. The van der Waals surface area contributed by atoms with Crippen LogP contribution in [0.15, 0.2) is 12.2 Å². The first-order valence-corrected chi connectivity index (χ1v) is 8.15. The average molecular weight is 266 g/mol. The monoisotopic (exact) mass is 266 g/mol. The van der Waals surface area contributed by atoms with Gasteiger partial charge in [0, 0.05) is 6.42 Å². The predicted octanol–water partition coefficient (Wildman–Crippen LogP) is 5.03. The second-order valence-electron chi connectivity index (χ2n) is 5.58. The van der Waals surface area contributed by atoms with Crippen LogP contribution in [-0.2, 0) is 9.53 Å². The molecule has 0 spiro atoms. The number of hydrogen-bond acceptors (Lipinski definition) is 2. The Bertz CT molecular complexity index is 258. The fourth-order valence-corrected chi connectivity index (χ4v) is 2.71. The van der Waals surface area contributed by atoms with Gasteiger partial charge in [-0.2, -0.15) is 0 Å². The lowest BCUT2D eigenvalue weighted by molar-refractivity contribution is -0.143. The summed E-state index contributed by atoms with van der Waals surface area (Å²) in [5.41, 5.74) is 0. The third kappa shape index (κ3) is 8.85. The van der Waals surface area contributed by atoms with Gasteiger partial charge in [0.1, 0.15) is 0 Å². The van der Waals surface area contributed by atoms with Gasteiger partial charge in [0.05, 0.1) is 6.61 Å². The third-order valence-corrected chi connectivity index (χ3v) is 3.88. The summed E-state index contributed by atoms with van der Waals surface area (Å²) in [7, 11) is 0. The fraction of sp³-hybridized carbons (Fsp3) is 0.824. The van der Waals surface area contributed by atoms with Crippen molar-refractivity contribution in [1.29, 1.82) is 0 Å². The Hall–Kier alpha value is -0.790. The molecule has 19 heavy (non-hydrogen) atoms. The van der Waals surface area contributed by atoms with Gasteiger partial charge in [-0.1, -0.05) is 50.7 Å². The SMILES string of the molecule is CCOC(=O)CCC1/C=C/CCCCCCCCC1. The zero-order valence-electron chi connectivity index (χ0n) is 12.5. The second-order valence-corrected chi connectivity index (χ2v) is 5.58. The van der Waals surface area contributed by atoms with Gasteiger partial charge >= 0.3 is 5.97 Å². The molecule has 0 aromatic heterocycles. The highest BCUT2D eigenvalue weighted by molar-refractivity contribution is 5.69.